The van der Waals surface area contributed by atoms with Crippen molar-refractivity contribution in [2.75, 3.05) is 18.0 Å². The summed E-state index contributed by atoms with van der Waals surface area (Å²) in [7, 11) is 0. The first kappa shape index (κ1) is 26.3. The standard InChI is InChI=1S/C20H15Cl2F8N3O/c1-9(34)31-7-10-2-3-13(32-17(10)19(25,26)27)33-5-4-18(8-33,20(28,29)30)11-6-12(21)16(24)14(22)15(11)23/h2-3,6H,4-5,7-8H2,1H3,(H,31,34). The maximum atomic E-state index is 14.7. The van der Waals surface area contributed by atoms with Gasteiger partial charge >= 0.3 is 12.4 Å². The maximum absolute atomic E-state index is 14.7. The first-order valence-corrected chi connectivity index (χ1v) is 10.3. The summed E-state index contributed by atoms with van der Waals surface area (Å²) in [5.74, 6) is -4.12. The van der Waals surface area contributed by atoms with E-state index in [1.54, 1.807) is 0 Å². The van der Waals surface area contributed by atoms with Crippen molar-refractivity contribution in [3.05, 3.63) is 56.7 Å². The number of rotatable bonds is 4. The number of carbonyl (C=O) groups is 1. The summed E-state index contributed by atoms with van der Waals surface area (Å²) in [5.41, 5.74) is -5.73. The Morgan fingerprint density at radius 1 is 1.15 bits per heavy atom. The molecule has 14 heteroatoms. The summed E-state index contributed by atoms with van der Waals surface area (Å²) in [4.78, 5) is 15.5. The highest BCUT2D eigenvalue weighted by Gasteiger charge is 2.60. The summed E-state index contributed by atoms with van der Waals surface area (Å²) in [6.07, 6.45) is -10.8. The smallest absolute Gasteiger partial charge is 0.355 e. The van der Waals surface area contributed by atoms with E-state index >= 15 is 0 Å². The maximum Gasteiger partial charge on any atom is 0.433 e. The second kappa shape index (κ2) is 9.03. The topological polar surface area (TPSA) is 45.2 Å². The van der Waals surface area contributed by atoms with Gasteiger partial charge in [-0.05, 0) is 18.6 Å². The van der Waals surface area contributed by atoms with E-state index < -0.39 is 94.0 Å². The molecule has 2 aromatic rings. The average Bonchev–Trinajstić information content (AvgIpc) is 3.19. The molecule has 34 heavy (non-hydrogen) atoms. The molecule has 186 valence electrons. The van der Waals surface area contributed by atoms with Crippen LogP contribution < -0.4 is 10.2 Å². The third-order valence-electron chi connectivity index (χ3n) is 5.51. The van der Waals surface area contributed by atoms with Gasteiger partial charge in [0.2, 0.25) is 5.91 Å². The van der Waals surface area contributed by atoms with Crippen LogP contribution in [0.1, 0.15) is 30.2 Å². The Bertz CT molecular complexity index is 1120. The number of benzene rings is 1. The van der Waals surface area contributed by atoms with E-state index in [0.29, 0.717) is 6.07 Å². The first-order chi connectivity index (χ1) is 15.6. The lowest BCUT2D eigenvalue weighted by Gasteiger charge is -2.33. The van der Waals surface area contributed by atoms with E-state index in [1.165, 1.54) is 0 Å². The van der Waals surface area contributed by atoms with Crippen LogP contribution in [0.5, 0.6) is 0 Å². The number of halogens is 10. The van der Waals surface area contributed by atoms with Gasteiger partial charge in [-0.1, -0.05) is 29.3 Å². The lowest BCUT2D eigenvalue weighted by atomic mass is 9.78. The lowest BCUT2D eigenvalue weighted by molar-refractivity contribution is -0.185. The number of carbonyl (C=O) groups excluding carboxylic acids is 1. The number of amides is 1. The highest BCUT2D eigenvalue weighted by Crippen LogP contribution is 2.51. The number of nitrogens with one attached hydrogen (secondary N) is 1. The van der Waals surface area contributed by atoms with E-state index in [4.69, 9.17) is 23.2 Å². The molecule has 1 N–H and O–H groups in total. The van der Waals surface area contributed by atoms with Crippen LogP contribution in [-0.4, -0.2) is 30.2 Å². The molecule has 0 saturated carbocycles. The Labute approximate surface area is 197 Å². The second-order valence-electron chi connectivity index (χ2n) is 7.68. The fraction of sp³-hybridized carbons (Fsp3) is 0.400. The molecule has 1 saturated heterocycles. The van der Waals surface area contributed by atoms with Crippen molar-refractivity contribution in [2.45, 2.75) is 37.7 Å². The number of hydrogen-bond acceptors (Lipinski definition) is 3. The van der Waals surface area contributed by atoms with E-state index in [9.17, 15) is 39.9 Å². The molecular formula is C20H15Cl2F8N3O. The van der Waals surface area contributed by atoms with Crippen molar-refractivity contribution < 1.29 is 39.9 Å². The SMILES string of the molecule is CC(=O)NCc1ccc(N2CCC(c3cc(Cl)c(F)c(Cl)c3F)(C(F)(F)F)C2)nc1C(F)(F)F. The Kier molecular flexibility index (Phi) is 6.97. The Morgan fingerprint density at radius 3 is 2.35 bits per heavy atom. The molecule has 1 aliphatic heterocycles. The van der Waals surface area contributed by atoms with Crippen molar-refractivity contribution in [1.29, 1.82) is 0 Å². The van der Waals surface area contributed by atoms with Gasteiger partial charge in [-0.3, -0.25) is 4.79 Å². The summed E-state index contributed by atoms with van der Waals surface area (Å²) in [6, 6.07) is 2.54. The van der Waals surface area contributed by atoms with Gasteiger partial charge in [0.15, 0.2) is 11.5 Å². The van der Waals surface area contributed by atoms with Crippen LogP contribution in [0.25, 0.3) is 0 Å². The fourth-order valence-corrected chi connectivity index (χ4v) is 4.25. The number of aromatic nitrogens is 1. The Balaban J connectivity index is 2.06. The van der Waals surface area contributed by atoms with E-state index in [1.807, 2.05) is 0 Å². The van der Waals surface area contributed by atoms with Gasteiger partial charge in [0.1, 0.15) is 22.1 Å². The van der Waals surface area contributed by atoms with E-state index in [2.05, 4.69) is 10.3 Å². The average molecular weight is 536 g/mol. The van der Waals surface area contributed by atoms with Gasteiger partial charge in [-0.15, -0.1) is 0 Å². The zero-order valence-electron chi connectivity index (χ0n) is 17.1. The van der Waals surface area contributed by atoms with Gasteiger partial charge in [-0.25, -0.2) is 13.8 Å². The van der Waals surface area contributed by atoms with Crippen LogP contribution in [0.3, 0.4) is 0 Å². The predicted molar refractivity (Wildman–Crippen MR) is 108 cm³/mol. The van der Waals surface area contributed by atoms with Crippen LogP contribution in [0.15, 0.2) is 18.2 Å². The molecule has 4 nitrogen and oxygen atoms in total. The monoisotopic (exact) mass is 535 g/mol. The number of pyridine rings is 1. The third-order valence-corrected chi connectivity index (χ3v) is 6.12. The molecule has 1 aromatic heterocycles. The molecule has 1 aliphatic rings. The van der Waals surface area contributed by atoms with Crippen molar-refractivity contribution in [1.82, 2.24) is 10.3 Å². The fourth-order valence-electron chi connectivity index (χ4n) is 3.79. The molecule has 0 radical (unpaired) electrons. The molecule has 3 rings (SSSR count). The number of alkyl halides is 6. The molecule has 0 aliphatic carbocycles. The van der Waals surface area contributed by atoms with E-state index in [-0.39, 0.29) is 0 Å². The molecule has 1 aromatic carbocycles. The highest BCUT2D eigenvalue weighted by molar-refractivity contribution is 6.35. The molecule has 0 bridgehead atoms. The van der Waals surface area contributed by atoms with Gasteiger partial charge in [0.25, 0.3) is 0 Å². The van der Waals surface area contributed by atoms with E-state index in [0.717, 1.165) is 24.0 Å². The molecule has 0 spiro atoms. The second-order valence-corrected chi connectivity index (χ2v) is 8.47. The minimum atomic E-state index is -5.09. The minimum absolute atomic E-state index is 0.393. The van der Waals surface area contributed by atoms with Gasteiger partial charge in [0.05, 0.1) is 5.02 Å². The predicted octanol–water partition coefficient (Wildman–Crippen LogP) is 6.03. The molecule has 1 fully saturated rings. The van der Waals surface area contributed by atoms with Crippen molar-refractivity contribution in [3.63, 3.8) is 0 Å². The molecule has 1 unspecified atom stereocenters. The number of hydrogen-bond donors (Lipinski definition) is 1. The Morgan fingerprint density at radius 2 is 1.79 bits per heavy atom. The molecular weight excluding hydrogens is 521 g/mol. The summed E-state index contributed by atoms with van der Waals surface area (Å²) < 4.78 is 112. The normalized spacial score (nSPS) is 19.0. The van der Waals surface area contributed by atoms with Gasteiger partial charge in [0, 0.05) is 37.7 Å². The van der Waals surface area contributed by atoms with Crippen molar-refractivity contribution in [3.8, 4) is 0 Å². The lowest BCUT2D eigenvalue weighted by Crippen LogP contribution is -2.45. The highest BCUT2D eigenvalue weighted by atomic mass is 35.5. The summed E-state index contributed by atoms with van der Waals surface area (Å²) >= 11 is 11.1. The quantitative estimate of drug-likeness (QED) is 0.295. The van der Waals surface area contributed by atoms with Crippen LogP contribution in [0.4, 0.5) is 40.9 Å². The minimum Gasteiger partial charge on any atom is -0.355 e. The molecule has 2 heterocycles. The van der Waals surface area contributed by atoms with Crippen molar-refractivity contribution >= 4 is 34.9 Å². The first-order valence-electron chi connectivity index (χ1n) is 9.55. The van der Waals surface area contributed by atoms with Crippen LogP contribution in [-0.2, 0) is 22.9 Å². The number of anilines is 1. The number of nitrogens with zero attached hydrogens (tertiary/aromatic N) is 2. The summed E-state index contributed by atoms with van der Waals surface area (Å²) in [6.45, 7) is -0.854. The zero-order chi connectivity index (χ0) is 25.6. The summed E-state index contributed by atoms with van der Waals surface area (Å²) in [5, 5.41) is 0.152. The van der Waals surface area contributed by atoms with Crippen molar-refractivity contribution in [2.24, 2.45) is 0 Å². The van der Waals surface area contributed by atoms with Gasteiger partial charge in [-0.2, -0.15) is 26.3 Å². The molecule has 1 amide bonds. The zero-order valence-corrected chi connectivity index (χ0v) is 18.7. The Hall–Kier alpha value is -2.34. The third kappa shape index (κ3) is 4.74. The van der Waals surface area contributed by atoms with Gasteiger partial charge < -0.3 is 10.2 Å². The molecule has 1 atom stereocenters. The largest absolute Gasteiger partial charge is 0.433 e. The van der Waals surface area contributed by atoms with Crippen LogP contribution >= 0.6 is 23.2 Å². The van der Waals surface area contributed by atoms with Crippen LogP contribution in [0, 0.1) is 11.6 Å². The van der Waals surface area contributed by atoms with Crippen LogP contribution in [0.2, 0.25) is 10.0 Å².